The highest BCUT2D eigenvalue weighted by Crippen LogP contribution is 2.27. The number of aryl methyl sites for hydroxylation is 1. The van der Waals surface area contributed by atoms with Crippen molar-refractivity contribution in [3.63, 3.8) is 0 Å². The molecule has 0 radical (unpaired) electrons. The first-order valence-electron chi connectivity index (χ1n) is 3.91. The Morgan fingerprint density at radius 1 is 1.54 bits per heavy atom. The molecule has 2 heterocycles. The van der Waals surface area contributed by atoms with Crippen molar-refractivity contribution in [2.75, 3.05) is 0 Å². The fourth-order valence-electron chi connectivity index (χ4n) is 1.24. The van der Waals surface area contributed by atoms with E-state index >= 15 is 0 Å². The highest BCUT2D eigenvalue weighted by Gasteiger charge is 2.29. The molecule has 0 amide bonds. The number of fused-ring (bicyclic) bond motifs is 1. The van der Waals surface area contributed by atoms with Crippen molar-refractivity contribution in [2.45, 2.75) is 24.3 Å². The van der Waals surface area contributed by atoms with Gasteiger partial charge in [0, 0.05) is 11.8 Å². The Labute approximate surface area is 79.0 Å². The van der Waals surface area contributed by atoms with Gasteiger partial charge in [-0.05, 0) is 13.8 Å². The van der Waals surface area contributed by atoms with Crippen LogP contribution >= 0.6 is 11.8 Å². The third kappa shape index (κ3) is 1.19. The van der Waals surface area contributed by atoms with Crippen LogP contribution in [-0.2, 0) is 0 Å². The second kappa shape index (κ2) is 2.70. The van der Waals surface area contributed by atoms with E-state index in [9.17, 15) is 9.59 Å². The van der Waals surface area contributed by atoms with E-state index in [1.807, 2.05) is 0 Å². The van der Waals surface area contributed by atoms with Crippen LogP contribution < -0.4 is 5.56 Å². The van der Waals surface area contributed by atoms with Crippen LogP contribution in [0.5, 0.6) is 0 Å². The summed E-state index contributed by atoms with van der Waals surface area (Å²) >= 11 is 1.33. The number of hydrogen-bond donors (Lipinski definition) is 0. The zero-order valence-corrected chi connectivity index (χ0v) is 8.09. The van der Waals surface area contributed by atoms with Gasteiger partial charge in [-0.3, -0.25) is 9.59 Å². The molecule has 68 valence electrons. The van der Waals surface area contributed by atoms with Gasteiger partial charge in [0.1, 0.15) is 0 Å². The van der Waals surface area contributed by atoms with Crippen LogP contribution in [0, 0.1) is 6.92 Å². The topological polar surface area (TPSA) is 52.0 Å². The second-order valence-electron chi connectivity index (χ2n) is 2.95. The summed E-state index contributed by atoms with van der Waals surface area (Å²) in [5.41, 5.74) is 0.384. The zero-order chi connectivity index (χ0) is 9.59. The van der Waals surface area contributed by atoms with Crippen molar-refractivity contribution < 1.29 is 4.79 Å². The Bertz CT molecular complexity index is 438. The number of carbonyl (C=O) groups is 1. The van der Waals surface area contributed by atoms with Gasteiger partial charge in [-0.2, -0.15) is 0 Å². The minimum Gasteiger partial charge on any atom is -0.273 e. The van der Waals surface area contributed by atoms with Gasteiger partial charge < -0.3 is 0 Å². The van der Waals surface area contributed by atoms with Gasteiger partial charge >= 0.3 is 0 Å². The van der Waals surface area contributed by atoms with Crippen molar-refractivity contribution in [3.8, 4) is 0 Å². The quantitative estimate of drug-likeness (QED) is 0.573. The Balaban J connectivity index is 2.71. The molecule has 4 nitrogen and oxygen atoms in total. The molecule has 1 aliphatic heterocycles. The summed E-state index contributed by atoms with van der Waals surface area (Å²) in [5, 5.41) is 0.324. The lowest BCUT2D eigenvalue weighted by molar-refractivity contribution is 0.0908. The predicted octanol–water partition coefficient (Wildman–Crippen LogP) is 0.686. The highest BCUT2D eigenvalue weighted by atomic mass is 32.2. The molecule has 0 aromatic carbocycles. The van der Waals surface area contributed by atoms with Crippen LogP contribution in [0.15, 0.2) is 16.0 Å². The number of aromatic nitrogens is 2. The van der Waals surface area contributed by atoms with E-state index in [0.29, 0.717) is 10.9 Å². The van der Waals surface area contributed by atoms with E-state index < -0.39 is 0 Å². The van der Waals surface area contributed by atoms with Crippen LogP contribution in [0.4, 0.5) is 0 Å². The third-order valence-corrected chi connectivity index (χ3v) is 2.91. The van der Waals surface area contributed by atoms with E-state index in [2.05, 4.69) is 4.98 Å². The molecular formula is C8H8N2O2S. The molecule has 0 saturated heterocycles. The van der Waals surface area contributed by atoms with Crippen LogP contribution in [-0.4, -0.2) is 20.7 Å². The summed E-state index contributed by atoms with van der Waals surface area (Å²) in [6.07, 6.45) is 0. The molecule has 0 spiro atoms. The molecule has 0 aliphatic carbocycles. The van der Waals surface area contributed by atoms with E-state index in [4.69, 9.17) is 0 Å². The first-order valence-corrected chi connectivity index (χ1v) is 4.79. The van der Waals surface area contributed by atoms with Gasteiger partial charge in [-0.1, -0.05) is 11.8 Å². The van der Waals surface area contributed by atoms with Crippen molar-refractivity contribution in [3.05, 3.63) is 22.1 Å². The zero-order valence-electron chi connectivity index (χ0n) is 7.27. The van der Waals surface area contributed by atoms with Crippen LogP contribution in [0.25, 0.3) is 0 Å². The number of hydrogen-bond acceptors (Lipinski definition) is 4. The Kier molecular flexibility index (Phi) is 1.76. The van der Waals surface area contributed by atoms with Crippen LogP contribution in [0.2, 0.25) is 0 Å². The molecule has 1 aliphatic rings. The normalized spacial score (nSPS) is 20.5. The van der Waals surface area contributed by atoms with Crippen LogP contribution in [0.3, 0.4) is 0 Å². The number of nitrogens with zero attached hydrogens (tertiary/aromatic N) is 2. The molecule has 0 fully saturated rings. The van der Waals surface area contributed by atoms with Crippen LogP contribution in [0.1, 0.15) is 17.4 Å². The molecule has 1 atom stereocenters. The standard InChI is InChI=1S/C8H8N2O2S/c1-4-3-6(11)10-7(12)5(2)13-8(10)9-4/h3,5H,1-2H3. The molecule has 1 aromatic rings. The minimum absolute atomic E-state index is 0.169. The van der Waals surface area contributed by atoms with E-state index in [0.717, 1.165) is 4.57 Å². The molecule has 13 heavy (non-hydrogen) atoms. The van der Waals surface area contributed by atoms with Gasteiger partial charge in [0.15, 0.2) is 5.16 Å². The molecule has 0 saturated carbocycles. The van der Waals surface area contributed by atoms with Gasteiger partial charge in [-0.25, -0.2) is 9.55 Å². The van der Waals surface area contributed by atoms with Crippen molar-refractivity contribution in [1.29, 1.82) is 0 Å². The minimum atomic E-state index is -0.274. The second-order valence-corrected chi connectivity index (χ2v) is 4.26. The smallest absolute Gasteiger partial charge is 0.261 e. The maximum Gasteiger partial charge on any atom is 0.261 e. The van der Waals surface area contributed by atoms with Crippen molar-refractivity contribution >= 4 is 17.7 Å². The van der Waals surface area contributed by atoms with E-state index in [1.54, 1.807) is 13.8 Å². The SMILES string of the molecule is Cc1cc(=O)n2c(n1)SC(C)C2=O. The number of thioether (sulfide) groups is 1. The molecule has 2 rings (SSSR count). The summed E-state index contributed by atoms with van der Waals surface area (Å²) in [7, 11) is 0. The molecule has 5 heteroatoms. The largest absolute Gasteiger partial charge is 0.273 e. The lowest BCUT2D eigenvalue weighted by Crippen LogP contribution is -2.27. The first-order chi connectivity index (χ1) is 6.09. The Morgan fingerprint density at radius 3 is 2.92 bits per heavy atom. The Morgan fingerprint density at radius 2 is 2.23 bits per heavy atom. The summed E-state index contributed by atoms with van der Waals surface area (Å²) in [5.74, 6) is -0.169. The first kappa shape index (κ1) is 8.50. The summed E-state index contributed by atoms with van der Waals surface area (Å²) < 4.78 is 1.14. The maximum absolute atomic E-state index is 11.4. The average Bonchev–Trinajstić information content (AvgIpc) is 2.27. The third-order valence-electron chi connectivity index (χ3n) is 1.87. The van der Waals surface area contributed by atoms with E-state index in [-0.39, 0.29) is 16.7 Å². The fourth-order valence-corrected chi connectivity index (χ4v) is 2.25. The van der Waals surface area contributed by atoms with Crippen molar-refractivity contribution in [1.82, 2.24) is 9.55 Å². The summed E-state index contributed by atoms with van der Waals surface area (Å²) in [4.78, 5) is 26.9. The van der Waals surface area contributed by atoms with E-state index in [1.165, 1.54) is 17.8 Å². The number of rotatable bonds is 0. The Hall–Kier alpha value is -1.10. The molecule has 1 aromatic heterocycles. The molecule has 0 N–H and O–H groups in total. The maximum atomic E-state index is 11.4. The van der Waals surface area contributed by atoms with Gasteiger partial charge in [-0.15, -0.1) is 0 Å². The average molecular weight is 196 g/mol. The lowest BCUT2D eigenvalue weighted by Gasteiger charge is -1.98. The van der Waals surface area contributed by atoms with Gasteiger partial charge in [0.25, 0.3) is 5.56 Å². The highest BCUT2D eigenvalue weighted by molar-refractivity contribution is 8.00. The molecular weight excluding hydrogens is 188 g/mol. The molecule has 0 bridgehead atoms. The lowest BCUT2D eigenvalue weighted by atomic mass is 10.4. The fraction of sp³-hybridized carbons (Fsp3) is 0.375. The summed E-state index contributed by atoms with van der Waals surface area (Å²) in [6.45, 7) is 3.52. The molecule has 1 unspecified atom stereocenters. The predicted molar refractivity (Wildman–Crippen MR) is 49.2 cm³/mol. The van der Waals surface area contributed by atoms with Gasteiger partial charge in [0.2, 0.25) is 5.91 Å². The monoisotopic (exact) mass is 196 g/mol. The van der Waals surface area contributed by atoms with Crippen molar-refractivity contribution in [2.24, 2.45) is 0 Å². The number of carbonyl (C=O) groups excluding carboxylic acids is 1. The van der Waals surface area contributed by atoms with Gasteiger partial charge in [0.05, 0.1) is 5.25 Å². The summed E-state index contributed by atoms with van der Waals surface area (Å²) in [6, 6.07) is 1.38.